The average Bonchev–Trinajstić information content (AvgIpc) is 3.03. The van der Waals surface area contributed by atoms with E-state index in [9.17, 15) is 22.4 Å². The van der Waals surface area contributed by atoms with E-state index in [2.05, 4.69) is 27.9 Å². The standard InChI is InChI=1S/C34H35FIN3O4S/c1-3-25(2)37-34(41)32(22-26-10-6-4-7-11-26)38(23-27-14-16-28(35)17-15-27)33(40)24-39(30-20-18-29(36)19-21-30)44(42,43)31-12-8-5-9-13-31/h4-21,25,32H,3,22-24H2,1-2H3,(H,37,41)/t25-,32-/m1/s1. The molecule has 0 aliphatic heterocycles. The van der Waals surface area contributed by atoms with Gasteiger partial charge in [0.25, 0.3) is 10.0 Å². The molecule has 2 atom stereocenters. The third kappa shape index (κ3) is 8.66. The minimum Gasteiger partial charge on any atom is -0.352 e. The third-order valence-corrected chi connectivity index (χ3v) is 9.77. The molecule has 4 aromatic carbocycles. The number of nitrogens with one attached hydrogen (secondary N) is 1. The smallest absolute Gasteiger partial charge is 0.264 e. The van der Waals surface area contributed by atoms with Crippen LogP contribution in [0.25, 0.3) is 0 Å². The van der Waals surface area contributed by atoms with Gasteiger partial charge in [-0.25, -0.2) is 12.8 Å². The zero-order chi connectivity index (χ0) is 31.7. The van der Waals surface area contributed by atoms with Gasteiger partial charge in [0.15, 0.2) is 0 Å². The van der Waals surface area contributed by atoms with Gasteiger partial charge in [-0.1, -0.05) is 67.6 Å². The molecule has 4 rings (SSSR count). The fraction of sp³-hybridized carbons (Fsp3) is 0.235. The van der Waals surface area contributed by atoms with Crippen molar-refractivity contribution in [2.75, 3.05) is 10.8 Å². The first-order valence-electron chi connectivity index (χ1n) is 14.3. The molecule has 0 unspecified atom stereocenters. The summed E-state index contributed by atoms with van der Waals surface area (Å²) in [4.78, 5) is 29.7. The summed E-state index contributed by atoms with van der Waals surface area (Å²) in [5.41, 5.74) is 1.74. The van der Waals surface area contributed by atoms with Gasteiger partial charge >= 0.3 is 0 Å². The summed E-state index contributed by atoms with van der Waals surface area (Å²) >= 11 is 2.13. The molecule has 230 valence electrons. The van der Waals surface area contributed by atoms with Gasteiger partial charge in [0.05, 0.1) is 10.6 Å². The highest BCUT2D eigenvalue weighted by atomic mass is 127. The van der Waals surface area contributed by atoms with Gasteiger partial charge in [-0.2, -0.15) is 0 Å². The molecule has 1 N–H and O–H groups in total. The molecular weight excluding hydrogens is 692 g/mol. The molecule has 0 aromatic heterocycles. The highest BCUT2D eigenvalue weighted by molar-refractivity contribution is 14.1. The van der Waals surface area contributed by atoms with Crippen LogP contribution in [0, 0.1) is 9.39 Å². The molecule has 0 spiro atoms. The normalized spacial score (nSPS) is 12.6. The van der Waals surface area contributed by atoms with E-state index in [1.165, 1.54) is 29.2 Å². The molecule has 0 heterocycles. The number of hydrogen-bond acceptors (Lipinski definition) is 4. The highest BCUT2D eigenvalue weighted by Gasteiger charge is 2.35. The molecule has 0 saturated heterocycles. The zero-order valence-corrected chi connectivity index (χ0v) is 27.5. The average molecular weight is 728 g/mol. The second kappa shape index (κ2) is 15.3. The van der Waals surface area contributed by atoms with Gasteiger partial charge in [0.1, 0.15) is 18.4 Å². The van der Waals surface area contributed by atoms with E-state index in [-0.39, 0.29) is 29.8 Å². The van der Waals surface area contributed by atoms with E-state index in [0.29, 0.717) is 17.7 Å². The van der Waals surface area contributed by atoms with E-state index in [1.54, 1.807) is 54.6 Å². The summed E-state index contributed by atoms with van der Waals surface area (Å²) in [6.07, 6.45) is 0.886. The number of nitrogens with zero attached hydrogens (tertiary/aromatic N) is 2. The Morgan fingerprint density at radius 2 is 1.43 bits per heavy atom. The summed E-state index contributed by atoms with van der Waals surface area (Å²) in [6, 6.07) is 28.7. The van der Waals surface area contributed by atoms with Crippen molar-refractivity contribution in [1.29, 1.82) is 0 Å². The van der Waals surface area contributed by atoms with Crippen LogP contribution in [-0.4, -0.2) is 43.8 Å². The van der Waals surface area contributed by atoms with Gasteiger partial charge in [0.2, 0.25) is 11.8 Å². The largest absolute Gasteiger partial charge is 0.352 e. The molecule has 0 aliphatic carbocycles. The van der Waals surface area contributed by atoms with Crippen molar-refractivity contribution in [3.63, 3.8) is 0 Å². The molecule has 0 radical (unpaired) electrons. The number of halogens is 2. The first-order valence-corrected chi connectivity index (χ1v) is 16.8. The Kier molecular flexibility index (Phi) is 11.5. The van der Waals surface area contributed by atoms with Gasteiger partial charge in [-0.15, -0.1) is 0 Å². The maximum Gasteiger partial charge on any atom is 0.264 e. The predicted molar refractivity (Wildman–Crippen MR) is 179 cm³/mol. The van der Waals surface area contributed by atoms with Crippen molar-refractivity contribution in [3.8, 4) is 0 Å². The summed E-state index contributed by atoms with van der Waals surface area (Å²) in [6.45, 7) is 3.25. The van der Waals surface area contributed by atoms with Gasteiger partial charge in [-0.05, 0) is 95.6 Å². The molecular formula is C34H35FIN3O4S. The molecule has 7 nitrogen and oxygen atoms in total. The van der Waals surface area contributed by atoms with Gasteiger partial charge in [0, 0.05) is 22.6 Å². The molecule has 10 heteroatoms. The van der Waals surface area contributed by atoms with Crippen molar-refractivity contribution in [1.82, 2.24) is 10.2 Å². The van der Waals surface area contributed by atoms with Gasteiger partial charge < -0.3 is 10.2 Å². The summed E-state index contributed by atoms with van der Waals surface area (Å²) in [5, 5.41) is 3.00. The quantitative estimate of drug-likeness (QED) is 0.167. The maximum atomic E-state index is 14.4. The molecule has 44 heavy (non-hydrogen) atoms. The van der Waals surface area contributed by atoms with E-state index in [1.807, 2.05) is 44.2 Å². The van der Waals surface area contributed by atoms with Crippen LogP contribution in [0.1, 0.15) is 31.4 Å². The number of carbonyl (C=O) groups is 2. The SMILES string of the molecule is CC[C@@H](C)NC(=O)[C@@H](Cc1ccccc1)N(Cc1ccc(F)cc1)C(=O)CN(c1ccc(I)cc1)S(=O)(=O)c1ccccc1. The summed E-state index contributed by atoms with van der Waals surface area (Å²) in [5.74, 6) is -1.36. The van der Waals surface area contributed by atoms with Crippen LogP contribution in [0.15, 0.2) is 114 Å². The first kappa shape index (κ1) is 33.1. The molecule has 0 aliphatic rings. The second-order valence-electron chi connectivity index (χ2n) is 10.5. The van der Waals surface area contributed by atoms with Crippen molar-refractivity contribution < 1.29 is 22.4 Å². The van der Waals surface area contributed by atoms with Crippen LogP contribution < -0.4 is 9.62 Å². The Morgan fingerprint density at radius 3 is 2.02 bits per heavy atom. The van der Waals surface area contributed by atoms with E-state index in [4.69, 9.17) is 0 Å². The Balaban J connectivity index is 1.79. The number of benzene rings is 4. The Morgan fingerprint density at radius 1 is 0.841 bits per heavy atom. The molecule has 0 bridgehead atoms. The van der Waals surface area contributed by atoms with Crippen LogP contribution in [0.2, 0.25) is 0 Å². The van der Waals surface area contributed by atoms with Crippen LogP contribution >= 0.6 is 22.6 Å². The topological polar surface area (TPSA) is 86.8 Å². The lowest BCUT2D eigenvalue weighted by atomic mass is 10.0. The maximum absolute atomic E-state index is 14.4. The Bertz CT molecular complexity index is 1640. The number of rotatable bonds is 13. The number of anilines is 1. The number of hydrogen-bond donors (Lipinski definition) is 1. The summed E-state index contributed by atoms with van der Waals surface area (Å²) < 4.78 is 43.7. The van der Waals surface area contributed by atoms with Gasteiger partial charge in [-0.3, -0.25) is 13.9 Å². The number of sulfonamides is 1. The first-order chi connectivity index (χ1) is 21.1. The molecule has 4 aromatic rings. The Hall–Kier alpha value is -3.77. The summed E-state index contributed by atoms with van der Waals surface area (Å²) in [7, 11) is -4.17. The van der Waals surface area contributed by atoms with Crippen molar-refractivity contribution in [2.24, 2.45) is 0 Å². The predicted octanol–water partition coefficient (Wildman–Crippen LogP) is 6.18. The van der Waals surface area contributed by atoms with Crippen LogP contribution in [-0.2, 0) is 32.6 Å². The van der Waals surface area contributed by atoms with E-state index >= 15 is 0 Å². The molecule has 2 amide bonds. The third-order valence-electron chi connectivity index (χ3n) is 7.26. The lowest BCUT2D eigenvalue weighted by Gasteiger charge is -2.34. The molecule has 0 fully saturated rings. The van der Waals surface area contributed by atoms with Crippen LogP contribution in [0.3, 0.4) is 0 Å². The fourth-order valence-electron chi connectivity index (χ4n) is 4.64. The number of carbonyl (C=O) groups excluding carboxylic acids is 2. The van der Waals surface area contributed by atoms with Crippen molar-refractivity contribution in [2.45, 2.75) is 50.2 Å². The van der Waals surface area contributed by atoms with Crippen LogP contribution in [0.4, 0.5) is 10.1 Å². The lowest BCUT2D eigenvalue weighted by molar-refractivity contribution is -0.140. The minimum atomic E-state index is -4.17. The fourth-order valence-corrected chi connectivity index (χ4v) is 6.43. The molecule has 0 saturated carbocycles. The van der Waals surface area contributed by atoms with Crippen LogP contribution in [0.5, 0.6) is 0 Å². The van der Waals surface area contributed by atoms with E-state index < -0.39 is 34.3 Å². The Labute approximate surface area is 272 Å². The van der Waals surface area contributed by atoms with Crippen molar-refractivity contribution in [3.05, 3.63) is 130 Å². The zero-order valence-electron chi connectivity index (χ0n) is 24.6. The van der Waals surface area contributed by atoms with E-state index in [0.717, 1.165) is 13.4 Å². The number of amides is 2. The monoisotopic (exact) mass is 727 g/mol. The second-order valence-corrected chi connectivity index (χ2v) is 13.6. The highest BCUT2D eigenvalue weighted by Crippen LogP contribution is 2.26. The minimum absolute atomic E-state index is 0.0313. The lowest BCUT2D eigenvalue weighted by Crippen LogP contribution is -2.54. The van der Waals surface area contributed by atoms with Crippen molar-refractivity contribution >= 4 is 50.1 Å².